The van der Waals surface area contributed by atoms with Gasteiger partial charge >= 0.3 is 5.97 Å². The van der Waals surface area contributed by atoms with Gasteiger partial charge in [0.25, 0.3) is 5.69 Å². The summed E-state index contributed by atoms with van der Waals surface area (Å²) in [4.78, 5) is 27.1. The Morgan fingerprint density at radius 2 is 1.71 bits per heavy atom. The summed E-state index contributed by atoms with van der Waals surface area (Å²) in [7, 11) is 0. The third-order valence-corrected chi connectivity index (χ3v) is 6.20. The fourth-order valence-corrected chi connectivity index (χ4v) is 4.42. The van der Waals surface area contributed by atoms with Crippen LogP contribution in [0.5, 0.6) is 0 Å². The number of aliphatic hydroxyl groups is 2. The average Bonchev–Trinajstić information content (AvgIpc) is 3.45. The molecular weight excluding hydrogens is 446 g/mol. The van der Waals surface area contributed by atoms with Gasteiger partial charge in [-0.1, -0.05) is 24.3 Å². The second kappa shape index (κ2) is 8.84. The summed E-state index contributed by atoms with van der Waals surface area (Å²) < 4.78 is 16.2. The van der Waals surface area contributed by atoms with Crippen molar-refractivity contribution in [2.24, 2.45) is 0 Å². The Labute approximate surface area is 194 Å². The van der Waals surface area contributed by atoms with E-state index in [1.54, 1.807) is 12.1 Å². The molecule has 11 heteroatoms. The lowest BCUT2D eigenvalue weighted by Crippen LogP contribution is -2.46. The number of nitro groups is 1. The fourth-order valence-electron chi connectivity index (χ4n) is 4.42. The first kappa shape index (κ1) is 22.0. The van der Waals surface area contributed by atoms with Crippen molar-refractivity contribution in [3.05, 3.63) is 75.7 Å². The van der Waals surface area contributed by atoms with Gasteiger partial charge in [-0.25, -0.2) is 4.79 Å². The van der Waals surface area contributed by atoms with Crippen molar-refractivity contribution in [3.8, 4) is 0 Å². The minimum absolute atomic E-state index is 0.0308. The number of hydrogen-bond acceptors (Lipinski definition) is 10. The van der Waals surface area contributed by atoms with E-state index in [0.29, 0.717) is 24.3 Å². The Morgan fingerprint density at radius 3 is 2.35 bits per heavy atom. The van der Waals surface area contributed by atoms with Gasteiger partial charge in [-0.2, -0.15) is 0 Å². The lowest BCUT2D eigenvalue weighted by molar-refractivity contribution is -0.384. The molecule has 11 nitrogen and oxygen atoms in total. The number of anilines is 2. The summed E-state index contributed by atoms with van der Waals surface area (Å²) in [5, 5.41) is 31.2. The maximum Gasteiger partial charge on any atom is 0.377 e. The van der Waals surface area contributed by atoms with Crippen molar-refractivity contribution in [2.75, 3.05) is 42.6 Å². The molecule has 2 saturated heterocycles. The van der Waals surface area contributed by atoms with Gasteiger partial charge in [0.15, 0.2) is 18.2 Å². The molecule has 3 aliphatic heterocycles. The minimum atomic E-state index is -1.19. The van der Waals surface area contributed by atoms with Crippen molar-refractivity contribution in [2.45, 2.75) is 18.5 Å². The van der Waals surface area contributed by atoms with E-state index in [4.69, 9.17) is 14.2 Å². The van der Waals surface area contributed by atoms with Crippen LogP contribution in [0.2, 0.25) is 0 Å². The number of esters is 1. The number of aliphatic hydroxyl groups excluding tert-OH is 2. The minimum Gasteiger partial charge on any atom is -0.505 e. The van der Waals surface area contributed by atoms with Gasteiger partial charge in [0, 0.05) is 43.5 Å². The number of ether oxygens (including phenoxy) is 3. The quantitative estimate of drug-likeness (QED) is 0.382. The van der Waals surface area contributed by atoms with E-state index in [1.165, 1.54) is 6.07 Å². The molecule has 2 aromatic carbocycles. The number of hydrogen-bond donors (Lipinski definition) is 2. The van der Waals surface area contributed by atoms with E-state index in [9.17, 15) is 25.1 Å². The van der Waals surface area contributed by atoms with Crippen LogP contribution in [0.3, 0.4) is 0 Å². The molecule has 3 heterocycles. The molecule has 0 saturated carbocycles. The third-order valence-electron chi connectivity index (χ3n) is 6.20. The van der Waals surface area contributed by atoms with Crippen LogP contribution < -0.4 is 9.80 Å². The number of carbonyl (C=O) groups is 1. The van der Waals surface area contributed by atoms with E-state index in [2.05, 4.69) is 4.90 Å². The summed E-state index contributed by atoms with van der Waals surface area (Å²) in [5.74, 6) is -2.51. The standard InChI is InChI=1S/C23H23N3O8/c27-19-20(28)22(29)34-21(19)18-13-32-23(33-18)14-6-7-16(17(12-14)26(30)31)25-10-8-24(9-11-25)15-4-2-1-3-5-15/h1-7,12,18,21,23,27-28H,8-11,13H2/t18-,21-,23-/m1/s1. The molecule has 0 unspecified atom stereocenters. The molecule has 0 aliphatic carbocycles. The number of carbonyl (C=O) groups excluding carboxylic acids is 1. The number of para-hydroxylation sites is 1. The predicted molar refractivity (Wildman–Crippen MR) is 120 cm³/mol. The van der Waals surface area contributed by atoms with E-state index in [0.717, 1.165) is 18.8 Å². The van der Waals surface area contributed by atoms with Crippen molar-refractivity contribution in [3.63, 3.8) is 0 Å². The monoisotopic (exact) mass is 469 g/mol. The largest absolute Gasteiger partial charge is 0.505 e. The normalized spacial score (nSPS) is 25.1. The Hall–Kier alpha value is -3.83. The van der Waals surface area contributed by atoms with E-state index < -0.39 is 40.9 Å². The molecule has 0 aromatic heterocycles. The highest BCUT2D eigenvalue weighted by Crippen LogP contribution is 2.37. The van der Waals surface area contributed by atoms with Crippen molar-refractivity contribution in [1.29, 1.82) is 0 Å². The molecular formula is C23H23N3O8. The number of nitrogens with zero attached hydrogens (tertiary/aromatic N) is 3. The zero-order valence-corrected chi connectivity index (χ0v) is 18.1. The summed E-state index contributed by atoms with van der Waals surface area (Å²) in [5.41, 5.74) is 2.01. The molecule has 2 N–H and O–H groups in total. The Kier molecular flexibility index (Phi) is 5.72. The predicted octanol–water partition coefficient (Wildman–Crippen LogP) is 2.59. The SMILES string of the molecule is O=C1O[C@H]([C@H]2CO[C@@H](c3ccc(N4CCN(c5ccccc5)CC4)c([N+](=O)[O-])c3)O2)C(O)=C1O. The van der Waals surface area contributed by atoms with Gasteiger partial charge in [0.1, 0.15) is 11.8 Å². The first-order valence-electron chi connectivity index (χ1n) is 10.9. The van der Waals surface area contributed by atoms with Crippen molar-refractivity contribution < 1.29 is 34.1 Å². The average molecular weight is 469 g/mol. The Morgan fingerprint density at radius 1 is 1.00 bits per heavy atom. The van der Waals surface area contributed by atoms with Gasteiger partial charge in [-0.15, -0.1) is 0 Å². The van der Waals surface area contributed by atoms with Crippen LogP contribution in [0.4, 0.5) is 17.1 Å². The smallest absolute Gasteiger partial charge is 0.377 e. The highest BCUT2D eigenvalue weighted by Gasteiger charge is 2.45. The number of nitro benzene ring substituents is 1. The molecule has 3 atom stereocenters. The van der Waals surface area contributed by atoms with Crippen LogP contribution >= 0.6 is 0 Å². The second-order valence-electron chi connectivity index (χ2n) is 8.21. The lowest BCUT2D eigenvalue weighted by Gasteiger charge is -2.37. The Bertz CT molecular complexity index is 1130. The highest BCUT2D eigenvalue weighted by molar-refractivity contribution is 5.89. The highest BCUT2D eigenvalue weighted by atomic mass is 16.7. The zero-order valence-electron chi connectivity index (χ0n) is 18.1. The number of piperazine rings is 1. The van der Waals surface area contributed by atoms with Crippen LogP contribution in [-0.4, -0.2) is 66.1 Å². The van der Waals surface area contributed by atoms with Gasteiger partial charge in [0.2, 0.25) is 5.76 Å². The van der Waals surface area contributed by atoms with Gasteiger partial charge in [-0.3, -0.25) is 10.1 Å². The van der Waals surface area contributed by atoms with Crippen LogP contribution in [0.25, 0.3) is 0 Å². The molecule has 178 valence electrons. The molecule has 34 heavy (non-hydrogen) atoms. The molecule has 2 fully saturated rings. The third kappa shape index (κ3) is 3.99. The number of cyclic esters (lactones) is 1. The van der Waals surface area contributed by atoms with Gasteiger partial charge in [-0.05, 0) is 18.2 Å². The van der Waals surface area contributed by atoms with Gasteiger partial charge in [0.05, 0.1) is 11.5 Å². The topological polar surface area (TPSA) is 135 Å². The van der Waals surface area contributed by atoms with Crippen LogP contribution in [0.15, 0.2) is 60.0 Å². The summed E-state index contributed by atoms with van der Waals surface area (Å²) >= 11 is 0. The molecule has 0 bridgehead atoms. The van der Waals surface area contributed by atoms with Crippen molar-refractivity contribution in [1.82, 2.24) is 0 Å². The summed E-state index contributed by atoms with van der Waals surface area (Å²) in [6, 6.07) is 14.8. The first-order chi connectivity index (χ1) is 16.4. The summed E-state index contributed by atoms with van der Waals surface area (Å²) in [6.07, 6.45) is -2.99. The number of benzene rings is 2. The molecule has 0 amide bonds. The van der Waals surface area contributed by atoms with Gasteiger partial charge < -0.3 is 34.2 Å². The summed E-state index contributed by atoms with van der Waals surface area (Å²) in [6.45, 7) is 2.72. The van der Waals surface area contributed by atoms with E-state index in [-0.39, 0.29) is 12.3 Å². The number of rotatable bonds is 5. The maximum atomic E-state index is 11.9. The lowest BCUT2D eigenvalue weighted by atomic mass is 10.1. The molecule has 0 spiro atoms. The molecule has 5 rings (SSSR count). The fraction of sp³-hybridized carbons (Fsp3) is 0.348. The maximum absolute atomic E-state index is 11.9. The Balaban J connectivity index is 1.29. The molecule has 0 radical (unpaired) electrons. The first-order valence-corrected chi connectivity index (χ1v) is 10.9. The van der Waals surface area contributed by atoms with E-state index >= 15 is 0 Å². The zero-order chi connectivity index (χ0) is 23.8. The van der Waals surface area contributed by atoms with E-state index in [1.807, 2.05) is 35.2 Å². The molecule has 3 aliphatic rings. The molecule has 2 aromatic rings. The van der Waals surface area contributed by atoms with Crippen LogP contribution in [0, 0.1) is 10.1 Å². The van der Waals surface area contributed by atoms with Crippen molar-refractivity contribution >= 4 is 23.0 Å². The second-order valence-corrected chi connectivity index (χ2v) is 8.21. The van der Waals surface area contributed by atoms with Crippen LogP contribution in [-0.2, 0) is 19.0 Å². The van der Waals surface area contributed by atoms with Crippen LogP contribution in [0.1, 0.15) is 11.9 Å².